The van der Waals surface area contributed by atoms with E-state index in [0.29, 0.717) is 0 Å². The molecule has 2 aliphatic carbocycles. The van der Waals surface area contributed by atoms with Crippen LogP contribution in [0.15, 0.2) is 0 Å². The zero-order valence-corrected chi connectivity index (χ0v) is 8.48. The number of carbonyl (C=O) groups excluding carboxylic acids is 1. The number of fused-ring (bicyclic) bond motifs is 2. The third-order valence-corrected chi connectivity index (χ3v) is 4.39. The first-order valence-corrected chi connectivity index (χ1v) is 5.78. The fraction of sp³-hybridized carbons (Fsp3) is 0.909. The normalized spacial score (nSPS) is 45.8. The summed E-state index contributed by atoms with van der Waals surface area (Å²) < 4.78 is 0. The lowest BCUT2D eigenvalue weighted by Gasteiger charge is -2.39. The summed E-state index contributed by atoms with van der Waals surface area (Å²) in [6.07, 6.45) is 5.64. The van der Waals surface area contributed by atoms with Crippen molar-refractivity contribution < 1.29 is 4.79 Å². The molecule has 3 aliphatic rings. The first kappa shape index (κ1) is 8.72. The molecule has 78 valence electrons. The number of hydrogen-bond donors (Lipinski definition) is 1. The van der Waals surface area contributed by atoms with E-state index in [2.05, 4.69) is 0 Å². The smallest absolute Gasteiger partial charge is 0.241 e. The molecule has 3 rings (SSSR count). The molecule has 3 heteroatoms. The van der Waals surface area contributed by atoms with Crippen molar-refractivity contribution in [1.29, 1.82) is 0 Å². The number of hydrogen-bond acceptors (Lipinski definition) is 2. The molecule has 0 spiro atoms. The number of amides is 1. The van der Waals surface area contributed by atoms with Crippen LogP contribution in [0.1, 0.15) is 25.7 Å². The van der Waals surface area contributed by atoms with Crippen LogP contribution in [-0.2, 0) is 4.79 Å². The minimum Gasteiger partial charge on any atom is -0.339 e. The minimum absolute atomic E-state index is 0.174. The van der Waals surface area contributed by atoms with Crippen LogP contribution < -0.4 is 5.73 Å². The van der Waals surface area contributed by atoms with Crippen LogP contribution in [0, 0.1) is 17.8 Å². The largest absolute Gasteiger partial charge is 0.339 e. The number of likely N-dealkylation sites (tertiary alicyclic amines) is 1. The molecule has 1 aliphatic heterocycles. The van der Waals surface area contributed by atoms with Crippen molar-refractivity contribution in [3.8, 4) is 0 Å². The van der Waals surface area contributed by atoms with E-state index < -0.39 is 0 Å². The van der Waals surface area contributed by atoms with E-state index >= 15 is 0 Å². The average Bonchev–Trinajstić information content (AvgIpc) is 2.78. The fourth-order valence-corrected chi connectivity index (χ4v) is 3.58. The van der Waals surface area contributed by atoms with E-state index in [1.807, 2.05) is 4.90 Å². The second-order valence-electron chi connectivity index (χ2n) is 5.28. The van der Waals surface area contributed by atoms with E-state index in [0.717, 1.165) is 30.8 Å². The van der Waals surface area contributed by atoms with Crippen LogP contribution in [-0.4, -0.2) is 29.9 Å². The Balaban J connectivity index is 1.56. The molecule has 4 unspecified atom stereocenters. The summed E-state index contributed by atoms with van der Waals surface area (Å²) >= 11 is 0. The SMILES string of the molecule is NC1CN(CC2CC3CCC2C3)C1=O. The Kier molecular flexibility index (Phi) is 1.84. The van der Waals surface area contributed by atoms with Gasteiger partial charge >= 0.3 is 0 Å². The second-order valence-corrected chi connectivity index (χ2v) is 5.28. The molecule has 1 heterocycles. The lowest BCUT2D eigenvalue weighted by atomic mass is 9.87. The molecular weight excluding hydrogens is 176 g/mol. The van der Waals surface area contributed by atoms with Gasteiger partial charge in [-0.25, -0.2) is 0 Å². The molecule has 2 saturated carbocycles. The Morgan fingerprint density at radius 2 is 2.21 bits per heavy atom. The molecule has 4 atom stereocenters. The Morgan fingerprint density at radius 1 is 1.36 bits per heavy atom. The number of carbonyl (C=O) groups is 1. The Hall–Kier alpha value is -0.570. The highest BCUT2D eigenvalue weighted by Gasteiger charge is 2.43. The summed E-state index contributed by atoms with van der Waals surface area (Å²) in [6, 6.07) is -0.186. The van der Waals surface area contributed by atoms with E-state index in [-0.39, 0.29) is 11.9 Å². The molecule has 3 nitrogen and oxygen atoms in total. The van der Waals surface area contributed by atoms with Gasteiger partial charge in [0.05, 0.1) is 0 Å². The van der Waals surface area contributed by atoms with Gasteiger partial charge in [0, 0.05) is 13.1 Å². The van der Waals surface area contributed by atoms with Crippen LogP contribution in [0.2, 0.25) is 0 Å². The van der Waals surface area contributed by atoms with Gasteiger partial charge in [-0.3, -0.25) is 4.79 Å². The molecule has 1 amide bonds. The van der Waals surface area contributed by atoms with Crippen LogP contribution >= 0.6 is 0 Å². The maximum absolute atomic E-state index is 11.4. The van der Waals surface area contributed by atoms with E-state index in [1.165, 1.54) is 25.7 Å². The van der Waals surface area contributed by atoms with Crippen LogP contribution in [0.3, 0.4) is 0 Å². The maximum Gasteiger partial charge on any atom is 0.241 e. The number of nitrogens with two attached hydrogens (primary N) is 1. The highest BCUT2D eigenvalue weighted by molar-refractivity contribution is 5.87. The van der Waals surface area contributed by atoms with Gasteiger partial charge in [0.15, 0.2) is 0 Å². The molecule has 0 aromatic carbocycles. The van der Waals surface area contributed by atoms with Crippen LogP contribution in [0.25, 0.3) is 0 Å². The molecule has 0 aromatic heterocycles. The van der Waals surface area contributed by atoms with Crippen molar-refractivity contribution in [2.45, 2.75) is 31.7 Å². The van der Waals surface area contributed by atoms with E-state index in [1.54, 1.807) is 0 Å². The summed E-state index contributed by atoms with van der Waals surface area (Å²) in [5, 5.41) is 0. The summed E-state index contributed by atoms with van der Waals surface area (Å²) in [5.41, 5.74) is 5.57. The molecule has 0 aromatic rings. The standard InChI is InChI=1S/C11H18N2O/c12-10-6-13(11(10)14)5-9-4-7-1-2-8(9)3-7/h7-10H,1-6,12H2. The summed E-state index contributed by atoms with van der Waals surface area (Å²) in [6.45, 7) is 1.79. The Labute approximate surface area is 84.6 Å². The molecule has 2 bridgehead atoms. The molecule has 14 heavy (non-hydrogen) atoms. The molecule has 0 radical (unpaired) electrons. The van der Waals surface area contributed by atoms with Gasteiger partial charge in [0.2, 0.25) is 5.91 Å². The monoisotopic (exact) mass is 194 g/mol. The summed E-state index contributed by atoms with van der Waals surface area (Å²) in [4.78, 5) is 13.3. The van der Waals surface area contributed by atoms with Gasteiger partial charge in [0.1, 0.15) is 6.04 Å². The summed E-state index contributed by atoms with van der Waals surface area (Å²) in [7, 11) is 0. The quantitative estimate of drug-likeness (QED) is 0.654. The third kappa shape index (κ3) is 1.18. The Morgan fingerprint density at radius 3 is 2.71 bits per heavy atom. The van der Waals surface area contributed by atoms with Crippen molar-refractivity contribution in [2.75, 3.05) is 13.1 Å². The van der Waals surface area contributed by atoms with Gasteiger partial charge in [-0.1, -0.05) is 6.42 Å². The third-order valence-electron chi connectivity index (χ3n) is 4.39. The lowest BCUT2D eigenvalue weighted by molar-refractivity contribution is -0.143. The second kappa shape index (κ2) is 2.96. The topological polar surface area (TPSA) is 46.3 Å². The van der Waals surface area contributed by atoms with Crippen molar-refractivity contribution in [3.05, 3.63) is 0 Å². The van der Waals surface area contributed by atoms with Gasteiger partial charge in [-0.05, 0) is 37.0 Å². The number of nitrogens with zero attached hydrogens (tertiary/aromatic N) is 1. The maximum atomic E-state index is 11.4. The van der Waals surface area contributed by atoms with Crippen molar-refractivity contribution >= 4 is 5.91 Å². The van der Waals surface area contributed by atoms with E-state index in [9.17, 15) is 4.79 Å². The zero-order valence-electron chi connectivity index (χ0n) is 8.48. The van der Waals surface area contributed by atoms with Gasteiger partial charge in [-0.2, -0.15) is 0 Å². The van der Waals surface area contributed by atoms with Crippen molar-refractivity contribution in [2.24, 2.45) is 23.5 Å². The van der Waals surface area contributed by atoms with Gasteiger partial charge in [0.25, 0.3) is 0 Å². The first-order valence-electron chi connectivity index (χ1n) is 5.78. The minimum atomic E-state index is -0.186. The molecule has 3 fully saturated rings. The van der Waals surface area contributed by atoms with Crippen LogP contribution in [0.5, 0.6) is 0 Å². The number of β-lactam (4-membered cyclic amide) rings is 1. The van der Waals surface area contributed by atoms with Gasteiger partial charge in [-0.15, -0.1) is 0 Å². The summed E-state index contributed by atoms with van der Waals surface area (Å²) in [5.74, 6) is 2.87. The molecule has 1 saturated heterocycles. The first-order chi connectivity index (χ1) is 6.74. The highest BCUT2D eigenvalue weighted by Crippen LogP contribution is 2.48. The zero-order chi connectivity index (χ0) is 9.71. The Bertz CT molecular complexity index is 266. The van der Waals surface area contributed by atoms with Crippen LogP contribution in [0.4, 0.5) is 0 Å². The lowest BCUT2D eigenvalue weighted by Crippen LogP contribution is -2.62. The molecular formula is C11H18N2O. The average molecular weight is 194 g/mol. The van der Waals surface area contributed by atoms with Crippen molar-refractivity contribution in [1.82, 2.24) is 4.90 Å². The van der Waals surface area contributed by atoms with E-state index in [4.69, 9.17) is 5.73 Å². The van der Waals surface area contributed by atoms with Crippen molar-refractivity contribution in [3.63, 3.8) is 0 Å². The molecule has 2 N–H and O–H groups in total. The fourth-order valence-electron chi connectivity index (χ4n) is 3.58. The highest BCUT2D eigenvalue weighted by atomic mass is 16.2. The van der Waals surface area contributed by atoms with Gasteiger partial charge < -0.3 is 10.6 Å². The predicted octanol–water partition coefficient (Wildman–Crippen LogP) is 0.592. The number of rotatable bonds is 2. The predicted molar refractivity (Wildman–Crippen MR) is 53.5 cm³/mol.